The zero-order valence-electron chi connectivity index (χ0n) is 34.3. The second-order valence-electron chi connectivity index (χ2n) is 15.0. The van der Waals surface area contributed by atoms with Gasteiger partial charge in [0.2, 0.25) is 0 Å². The molecular formula is C43H81NO7P+. The molecule has 0 rings (SSSR count). The molecule has 0 aromatic rings. The van der Waals surface area contributed by atoms with E-state index in [0.29, 0.717) is 24.1 Å². The maximum Gasteiger partial charge on any atom is 0.472 e. The summed E-state index contributed by atoms with van der Waals surface area (Å²) in [6.07, 6.45) is 42.8. The number of carbonyl (C=O) groups is 1. The van der Waals surface area contributed by atoms with Crippen LogP contribution < -0.4 is 0 Å². The van der Waals surface area contributed by atoms with Crippen LogP contribution in [-0.2, 0) is 27.9 Å². The molecule has 2 atom stereocenters. The van der Waals surface area contributed by atoms with Crippen LogP contribution in [0.5, 0.6) is 0 Å². The fourth-order valence-corrected chi connectivity index (χ4v) is 6.13. The molecule has 0 amide bonds. The maximum absolute atomic E-state index is 12.7. The van der Waals surface area contributed by atoms with Crippen molar-refractivity contribution in [3.8, 4) is 0 Å². The molecule has 9 heteroatoms. The summed E-state index contributed by atoms with van der Waals surface area (Å²) in [5, 5.41) is 0. The molecule has 0 radical (unpaired) electrons. The molecule has 0 saturated carbocycles. The van der Waals surface area contributed by atoms with Gasteiger partial charge >= 0.3 is 13.8 Å². The van der Waals surface area contributed by atoms with Crippen molar-refractivity contribution < 1.29 is 37.3 Å². The third kappa shape index (κ3) is 39.7. The number of likely N-dealkylation sites (N-methyl/N-ethyl adjacent to an activating group) is 1. The number of ether oxygens (including phenoxy) is 2. The van der Waals surface area contributed by atoms with Crippen LogP contribution >= 0.6 is 7.82 Å². The van der Waals surface area contributed by atoms with E-state index in [-0.39, 0.29) is 25.8 Å². The molecule has 0 aliphatic heterocycles. The van der Waals surface area contributed by atoms with E-state index in [1.165, 1.54) is 57.8 Å². The summed E-state index contributed by atoms with van der Waals surface area (Å²) in [5.41, 5.74) is 0. The molecule has 52 heavy (non-hydrogen) atoms. The van der Waals surface area contributed by atoms with Crippen LogP contribution in [-0.4, -0.2) is 75.6 Å². The summed E-state index contributed by atoms with van der Waals surface area (Å²) < 4.78 is 34.9. The SMILES string of the molecule is CC/C=C\C/C=C\C/C=C\CCCCCCOCC(COP(=O)(O)OCC[N+](C)(C)C)OC(=O)CCCCCCC/C=C\CCCCCCCCC. The Labute approximate surface area is 320 Å². The minimum atomic E-state index is -4.28. The van der Waals surface area contributed by atoms with Gasteiger partial charge in [0.1, 0.15) is 19.3 Å². The van der Waals surface area contributed by atoms with Gasteiger partial charge < -0.3 is 18.9 Å². The third-order valence-electron chi connectivity index (χ3n) is 8.62. The van der Waals surface area contributed by atoms with Crippen molar-refractivity contribution >= 4 is 13.8 Å². The number of hydrogen-bond donors (Lipinski definition) is 1. The van der Waals surface area contributed by atoms with Crippen molar-refractivity contribution in [2.24, 2.45) is 0 Å². The van der Waals surface area contributed by atoms with Crippen molar-refractivity contribution in [1.82, 2.24) is 0 Å². The number of quaternary nitrogens is 1. The van der Waals surface area contributed by atoms with Crippen LogP contribution in [0.2, 0.25) is 0 Å². The number of phosphoric ester groups is 1. The van der Waals surface area contributed by atoms with Crippen molar-refractivity contribution in [1.29, 1.82) is 0 Å². The van der Waals surface area contributed by atoms with Crippen LogP contribution in [0, 0.1) is 0 Å². The van der Waals surface area contributed by atoms with Crippen LogP contribution in [0.1, 0.15) is 162 Å². The summed E-state index contributed by atoms with van der Waals surface area (Å²) in [6.45, 7) is 5.43. The normalized spacial score (nSPS) is 14.3. The number of allylic oxidation sites excluding steroid dienone is 8. The Bertz CT molecular complexity index is 973. The first-order valence-electron chi connectivity index (χ1n) is 20.9. The monoisotopic (exact) mass is 755 g/mol. The predicted octanol–water partition coefficient (Wildman–Crippen LogP) is 12.0. The van der Waals surface area contributed by atoms with Gasteiger partial charge in [-0.15, -0.1) is 0 Å². The van der Waals surface area contributed by atoms with Gasteiger partial charge in [0.25, 0.3) is 0 Å². The highest BCUT2D eigenvalue weighted by Crippen LogP contribution is 2.43. The van der Waals surface area contributed by atoms with E-state index >= 15 is 0 Å². The Morgan fingerprint density at radius 3 is 1.69 bits per heavy atom. The predicted molar refractivity (Wildman–Crippen MR) is 219 cm³/mol. The van der Waals surface area contributed by atoms with E-state index in [1.807, 2.05) is 21.1 Å². The van der Waals surface area contributed by atoms with Crippen molar-refractivity contribution in [3.05, 3.63) is 48.6 Å². The molecule has 0 fully saturated rings. The van der Waals surface area contributed by atoms with Crippen LogP contribution in [0.4, 0.5) is 0 Å². The number of phosphoric acid groups is 1. The molecule has 1 N–H and O–H groups in total. The lowest BCUT2D eigenvalue weighted by Crippen LogP contribution is -2.37. The average Bonchev–Trinajstić information content (AvgIpc) is 3.09. The van der Waals surface area contributed by atoms with E-state index in [1.54, 1.807) is 0 Å². The fourth-order valence-electron chi connectivity index (χ4n) is 5.38. The summed E-state index contributed by atoms with van der Waals surface area (Å²) in [4.78, 5) is 22.8. The van der Waals surface area contributed by atoms with Gasteiger partial charge in [0.15, 0.2) is 0 Å². The standard InChI is InChI=1S/C43H80NO7P/c1-6-8-10-12-14-16-18-20-22-23-24-26-28-30-32-34-36-43(45)51-42(41-50-52(46,47)49-39-37-44(3,4)5)40-48-38-35-33-31-29-27-25-21-19-17-15-13-11-9-7-2/h9,11,15,17,21-23,25,42H,6-8,10,12-14,16,18-20,24,26-41H2,1-5H3/p+1/b11-9-,17-15-,23-22-,25-21-. The van der Waals surface area contributed by atoms with E-state index in [4.69, 9.17) is 18.5 Å². The molecule has 304 valence electrons. The molecule has 0 aliphatic carbocycles. The molecule has 8 nitrogen and oxygen atoms in total. The quantitative estimate of drug-likeness (QED) is 0.0221. The molecule has 0 aliphatic rings. The smallest absolute Gasteiger partial charge is 0.457 e. The Hall–Kier alpha value is -1.54. The number of nitrogens with zero attached hydrogens (tertiary/aromatic N) is 1. The van der Waals surface area contributed by atoms with Gasteiger partial charge in [0.05, 0.1) is 34.4 Å². The lowest BCUT2D eigenvalue weighted by atomic mass is 10.1. The minimum absolute atomic E-state index is 0.0809. The first kappa shape index (κ1) is 50.5. The topological polar surface area (TPSA) is 91.3 Å². The largest absolute Gasteiger partial charge is 0.472 e. The lowest BCUT2D eigenvalue weighted by molar-refractivity contribution is -0.870. The van der Waals surface area contributed by atoms with Gasteiger partial charge in [-0.25, -0.2) is 4.57 Å². The van der Waals surface area contributed by atoms with Gasteiger partial charge in [0, 0.05) is 13.0 Å². The molecule has 0 heterocycles. The lowest BCUT2D eigenvalue weighted by Gasteiger charge is -2.24. The Morgan fingerprint density at radius 2 is 1.12 bits per heavy atom. The van der Waals surface area contributed by atoms with Crippen LogP contribution in [0.15, 0.2) is 48.6 Å². The average molecular weight is 755 g/mol. The summed E-state index contributed by atoms with van der Waals surface area (Å²) in [5.74, 6) is -0.332. The summed E-state index contributed by atoms with van der Waals surface area (Å²) in [6, 6.07) is 0. The Morgan fingerprint density at radius 1 is 0.615 bits per heavy atom. The number of rotatable bonds is 38. The Balaban J connectivity index is 4.32. The number of hydrogen-bond acceptors (Lipinski definition) is 6. The fraction of sp³-hybridized carbons (Fsp3) is 0.791. The third-order valence-corrected chi connectivity index (χ3v) is 9.61. The molecule has 0 aromatic heterocycles. The van der Waals surface area contributed by atoms with Crippen molar-refractivity contribution in [2.45, 2.75) is 168 Å². The zero-order valence-corrected chi connectivity index (χ0v) is 35.2. The second-order valence-corrected chi connectivity index (χ2v) is 16.4. The number of esters is 1. The van der Waals surface area contributed by atoms with Crippen molar-refractivity contribution in [2.75, 3.05) is 54.1 Å². The first-order valence-corrected chi connectivity index (χ1v) is 22.4. The number of unbranched alkanes of at least 4 members (excludes halogenated alkanes) is 16. The van der Waals surface area contributed by atoms with E-state index in [0.717, 1.165) is 83.5 Å². The van der Waals surface area contributed by atoms with Gasteiger partial charge in [-0.3, -0.25) is 13.8 Å². The molecule has 0 saturated heterocycles. The summed E-state index contributed by atoms with van der Waals surface area (Å²) >= 11 is 0. The van der Waals surface area contributed by atoms with Crippen LogP contribution in [0.3, 0.4) is 0 Å². The maximum atomic E-state index is 12.7. The van der Waals surface area contributed by atoms with E-state index < -0.39 is 13.9 Å². The summed E-state index contributed by atoms with van der Waals surface area (Å²) in [7, 11) is 1.64. The molecule has 0 bridgehead atoms. The highest BCUT2D eigenvalue weighted by atomic mass is 31.2. The highest BCUT2D eigenvalue weighted by Gasteiger charge is 2.26. The zero-order chi connectivity index (χ0) is 38.4. The number of carbonyl (C=O) groups excluding carboxylic acids is 1. The molecule has 0 spiro atoms. The Kier molecular flexibility index (Phi) is 35.4. The van der Waals surface area contributed by atoms with E-state index in [9.17, 15) is 14.3 Å². The molecular weight excluding hydrogens is 673 g/mol. The first-order chi connectivity index (χ1) is 25.1. The molecule has 2 unspecified atom stereocenters. The van der Waals surface area contributed by atoms with E-state index in [2.05, 4.69) is 62.5 Å². The van der Waals surface area contributed by atoms with Gasteiger partial charge in [-0.1, -0.05) is 133 Å². The second kappa shape index (κ2) is 36.4. The molecule has 0 aromatic carbocycles. The minimum Gasteiger partial charge on any atom is -0.457 e. The van der Waals surface area contributed by atoms with Crippen molar-refractivity contribution in [3.63, 3.8) is 0 Å². The van der Waals surface area contributed by atoms with Gasteiger partial charge in [-0.05, 0) is 70.6 Å². The van der Waals surface area contributed by atoms with Gasteiger partial charge in [-0.2, -0.15) is 0 Å². The van der Waals surface area contributed by atoms with Crippen LogP contribution in [0.25, 0.3) is 0 Å². The highest BCUT2D eigenvalue weighted by molar-refractivity contribution is 7.47.